The molecule has 2 unspecified atom stereocenters. The smallest absolute Gasteiger partial charge is 0.267 e. The first kappa shape index (κ1) is 25.6. The van der Waals surface area contributed by atoms with Crippen molar-refractivity contribution in [1.82, 2.24) is 14.3 Å². The number of aryl methyl sites for hydroxylation is 1. The maximum Gasteiger partial charge on any atom is 0.267 e. The van der Waals surface area contributed by atoms with E-state index >= 15 is 0 Å². The summed E-state index contributed by atoms with van der Waals surface area (Å²) in [5.41, 5.74) is 1.69. The van der Waals surface area contributed by atoms with Crippen LogP contribution in [0.5, 0.6) is 0 Å². The molecule has 192 valence electrons. The number of nitrogens with one attached hydrogen (secondary N) is 1. The molecular weight excluding hydrogens is 532 g/mol. The Labute approximate surface area is 223 Å². The van der Waals surface area contributed by atoms with E-state index in [2.05, 4.69) is 10.3 Å². The van der Waals surface area contributed by atoms with Gasteiger partial charge < -0.3 is 10.4 Å². The molecule has 0 bridgehead atoms. The van der Waals surface area contributed by atoms with Gasteiger partial charge in [0.25, 0.3) is 11.5 Å². The molecule has 0 radical (unpaired) electrons. The SMILES string of the molecule is Cc1cccn2c(=O)c(C=C3SC(=S)N(C4CCS(=O)(=O)C4)C3=O)c(NCC(O)c3ccccc3)nc12. The van der Waals surface area contributed by atoms with Gasteiger partial charge in [-0.1, -0.05) is 60.4 Å². The number of hydrogen-bond donors (Lipinski definition) is 2. The van der Waals surface area contributed by atoms with Crippen molar-refractivity contribution < 1.29 is 18.3 Å². The van der Waals surface area contributed by atoms with Crippen molar-refractivity contribution in [3.63, 3.8) is 0 Å². The first-order chi connectivity index (χ1) is 17.6. The Balaban J connectivity index is 1.53. The number of hydrogen-bond acceptors (Lipinski definition) is 9. The predicted molar refractivity (Wildman–Crippen MR) is 148 cm³/mol. The van der Waals surface area contributed by atoms with E-state index in [-0.39, 0.29) is 44.2 Å². The summed E-state index contributed by atoms with van der Waals surface area (Å²) >= 11 is 6.44. The van der Waals surface area contributed by atoms with Gasteiger partial charge in [-0.15, -0.1) is 0 Å². The Morgan fingerprint density at radius 3 is 2.70 bits per heavy atom. The highest BCUT2D eigenvalue weighted by molar-refractivity contribution is 8.26. The normalized spacial score (nSPS) is 21.2. The topological polar surface area (TPSA) is 121 Å². The molecule has 2 fully saturated rings. The van der Waals surface area contributed by atoms with E-state index in [1.807, 2.05) is 31.2 Å². The van der Waals surface area contributed by atoms with E-state index in [4.69, 9.17) is 12.2 Å². The molecule has 12 heteroatoms. The molecule has 0 aliphatic carbocycles. The number of thioether (sulfide) groups is 1. The fourth-order valence-electron chi connectivity index (χ4n) is 4.47. The fraction of sp³-hybridized carbons (Fsp3) is 0.280. The molecule has 9 nitrogen and oxygen atoms in total. The van der Waals surface area contributed by atoms with Gasteiger partial charge in [-0.25, -0.2) is 13.4 Å². The van der Waals surface area contributed by atoms with Crippen LogP contribution in [-0.2, 0) is 14.6 Å². The van der Waals surface area contributed by atoms with E-state index in [1.54, 1.807) is 24.4 Å². The van der Waals surface area contributed by atoms with E-state index in [9.17, 15) is 23.1 Å². The number of thiocarbonyl (C=S) groups is 1. The molecule has 1 aromatic carbocycles. The number of pyridine rings is 1. The van der Waals surface area contributed by atoms with Crippen LogP contribution in [0.25, 0.3) is 11.7 Å². The van der Waals surface area contributed by atoms with Crippen molar-refractivity contribution in [2.24, 2.45) is 0 Å². The average Bonchev–Trinajstić information content (AvgIpc) is 3.37. The number of aliphatic hydroxyl groups is 1. The van der Waals surface area contributed by atoms with Gasteiger partial charge in [-0.2, -0.15) is 0 Å². The van der Waals surface area contributed by atoms with Gasteiger partial charge in [0.05, 0.1) is 34.1 Å². The van der Waals surface area contributed by atoms with Crippen LogP contribution in [0.15, 0.2) is 58.4 Å². The minimum atomic E-state index is -3.22. The van der Waals surface area contributed by atoms with Crippen LogP contribution < -0.4 is 10.9 Å². The molecular formula is C25H24N4O5S3. The van der Waals surface area contributed by atoms with Crippen LogP contribution in [0.1, 0.15) is 29.2 Å². The maximum absolute atomic E-state index is 13.5. The van der Waals surface area contributed by atoms with E-state index < -0.39 is 27.9 Å². The number of fused-ring (bicyclic) bond motifs is 1. The Morgan fingerprint density at radius 1 is 1.24 bits per heavy atom. The number of benzene rings is 1. The molecule has 0 saturated carbocycles. The number of amides is 1. The number of sulfone groups is 1. The average molecular weight is 557 g/mol. The van der Waals surface area contributed by atoms with Gasteiger partial charge in [0.15, 0.2) is 9.84 Å². The van der Waals surface area contributed by atoms with Gasteiger partial charge in [0, 0.05) is 12.7 Å². The van der Waals surface area contributed by atoms with Crippen LogP contribution in [-0.4, -0.2) is 62.1 Å². The molecule has 2 N–H and O–H groups in total. The molecule has 2 aromatic heterocycles. The van der Waals surface area contributed by atoms with Crippen molar-refractivity contribution >= 4 is 61.6 Å². The summed E-state index contributed by atoms with van der Waals surface area (Å²) in [4.78, 5) is 33.0. The Morgan fingerprint density at radius 2 is 2.00 bits per heavy atom. The third kappa shape index (κ3) is 5.06. The van der Waals surface area contributed by atoms with Crippen molar-refractivity contribution in [1.29, 1.82) is 0 Å². The van der Waals surface area contributed by atoms with E-state index in [0.717, 1.165) is 17.3 Å². The molecule has 2 atom stereocenters. The number of aromatic nitrogens is 2. The summed E-state index contributed by atoms with van der Waals surface area (Å²) in [5, 5.41) is 13.7. The number of rotatable bonds is 6. The van der Waals surface area contributed by atoms with Gasteiger partial charge in [-0.05, 0) is 36.6 Å². The minimum absolute atomic E-state index is 0.0148. The Kier molecular flexibility index (Phi) is 6.92. The van der Waals surface area contributed by atoms with Crippen molar-refractivity contribution in [2.45, 2.75) is 25.5 Å². The lowest BCUT2D eigenvalue weighted by Gasteiger charge is -2.21. The second-order valence-electron chi connectivity index (χ2n) is 8.98. The lowest BCUT2D eigenvalue weighted by atomic mass is 10.1. The Hall–Kier alpha value is -3.06. The number of carbonyl (C=O) groups excluding carboxylic acids is 1. The summed E-state index contributed by atoms with van der Waals surface area (Å²) in [6, 6.07) is 12.2. The zero-order valence-electron chi connectivity index (χ0n) is 19.8. The van der Waals surface area contributed by atoms with Crippen molar-refractivity contribution in [3.8, 4) is 0 Å². The summed E-state index contributed by atoms with van der Waals surface area (Å²) in [6.45, 7) is 1.92. The van der Waals surface area contributed by atoms with Crippen molar-refractivity contribution in [3.05, 3.63) is 80.6 Å². The summed E-state index contributed by atoms with van der Waals surface area (Å²) in [6.07, 6.45) is 2.52. The molecule has 4 heterocycles. The molecule has 2 aliphatic rings. The summed E-state index contributed by atoms with van der Waals surface area (Å²) in [7, 11) is -3.22. The van der Waals surface area contributed by atoms with Crippen LogP contribution in [0, 0.1) is 6.92 Å². The second kappa shape index (κ2) is 10.0. The number of nitrogens with zero attached hydrogens (tertiary/aromatic N) is 3. The van der Waals surface area contributed by atoms with Crippen LogP contribution >= 0.6 is 24.0 Å². The monoisotopic (exact) mass is 556 g/mol. The van der Waals surface area contributed by atoms with Crippen LogP contribution in [0.4, 0.5) is 5.82 Å². The maximum atomic E-state index is 13.5. The number of anilines is 1. The van der Waals surface area contributed by atoms with Gasteiger partial charge in [-0.3, -0.25) is 18.9 Å². The Bertz CT molecular complexity index is 1600. The summed E-state index contributed by atoms with van der Waals surface area (Å²) in [5.74, 6) is -0.318. The number of aliphatic hydroxyl groups excluding tert-OH is 1. The molecule has 37 heavy (non-hydrogen) atoms. The highest BCUT2D eigenvalue weighted by atomic mass is 32.2. The largest absolute Gasteiger partial charge is 0.387 e. The third-order valence-corrected chi connectivity index (χ3v) is 9.48. The fourth-order valence-corrected chi connectivity index (χ4v) is 7.55. The van der Waals surface area contributed by atoms with Crippen LogP contribution in [0.3, 0.4) is 0 Å². The third-order valence-electron chi connectivity index (χ3n) is 6.40. The minimum Gasteiger partial charge on any atom is -0.387 e. The molecule has 1 amide bonds. The van der Waals surface area contributed by atoms with E-state index in [1.165, 1.54) is 15.4 Å². The van der Waals surface area contributed by atoms with Gasteiger partial charge >= 0.3 is 0 Å². The van der Waals surface area contributed by atoms with Crippen molar-refractivity contribution in [2.75, 3.05) is 23.4 Å². The molecule has 0 spiro atoms. The van der Waals surface area contributed by atoms with Gasteiger partial charge in [0.1, 0.15) is 15.8 Å². The molecule has 3 aromatic rings. The predicted octanol–water partition coefficient (Wildman–Crippen LogP) is 2.54. The highest BCUT2D eigenvalue weighted by Crippen LogP contribution is 2.36. The number of carbonyl (C=O) groups is 1. The molecule has 5 rings (SSSR count). The highest BCUT2D eigenvalue weighted by Gasteiger charge is 2.42. The zero-order chi connectivity index (χ0) is 26.3. The zero-order valence-corrected chi connectivity index (χ0v) is 22.3. The van der Waals surface area contributed by atoms with Crippen LogP contribution in [0.2, 0.25) is 0 Å². The molecule has 2 aliphatic heterocycles. The first-order valence-electron chi connectivity index (χ1n) is 11.6. The quantitative estimate of drug-likeness (QED) is 0.349. The van der Waals surface area contributed by atoms with Gasteiger partial charge in [0.2, 0.25) is 0 Å². The van der Waals surface area contributed by atoms with E-state index in [0.29, 0.717) is 17.6 Å². The first-order valence-corrected chi connectivity index (χ1v) is 14.7. The lowest BCUT2D eigenvalue weighted by molar-refractivity contribution is -0.123. The summed E-state index contributed by atoms with van der Waals surface area (Å²) < 4.78 is 25.6. The standard InChI is InChI=1S/C25H24N4O5S3/c1-15-6-5-10-28-22(15)27-21(26-13-19(30)16-7-3-2-4-8-16)18(23(28)31)12-20-24(32)29(25(35)36-20)17-9-11-37(33,34)14-17/h2-8,10,12,17,19,26,30H,9,11,13-14H2,1H3. The lowest BCUT2D eigenvalue weighted by Crippen LogP contribution is -2.39. The second-order valence-corrected chi connectivity index (χ2v) is 12.9. The molecule has 2 saturated heterocycles.